The Kier molecular flexibility index (Phi) is 7.30. The molecule has 0 aliphatic carbocycles. The van der Waals surface area contributed by atoms with Gasteiger partial charge in [-0.2, -0.15) is 13.2 Å². The topological polar surface area (TPSA) is 52.6 Å². The molecule has 0 radical (unpaired) electrons. The van der Waals surface area contributed by atoms with Gasteiger partial charge in [0.25, 0.3) is 0 Å². The molecule has 1 unspecified atom stereocenters. The largest absolute Gasteiger partial charge is 0.434 e. The Labute approximate surface area is 170 Å². The molecule has 28 heavy (non-hydrogen) atoms. The highest BCUT2D eigenvalue weighted by Crippen LogP contribution is 2.29. The lowest BCUT2D eigenvalue weighted by Gasteiger charge is -2.32. The fraction of sp³-hybridized carbons (Fsp3) is 0.556. The van der Waals surface area contributed by atoms with Crippen molar-refractivity contribution in [2.75, 3.05) is 26.7 Å². The Hall–Kier alpha value is -1.65. The van der Waals surface area contributed by atoms with Gasteiger partial charge in [0.05, 0.1) is 6.54 Å². The predicted molar refractivity (Wildman–Crippen MR) is 108 cm³/mol. The van der Waals surface area contributed by atoms with Gasteiger partial charge in [-0.25, -0.2) is 4.98 Å². The third-order valence-electron chi connectivity index (χ3n) is 4.59. The van der Waals surface area contributed by atoms with Gasteiger partial charge in [0.2, 0.25) is 0 Å². The maximum atomic E-state index is 12.6. The van der Waals surface area contributed by atoms with Crippen LogP contribution in [0.25, 0.3) is 0 Å². The predicted octanol–water partition coefficient (Wildman–Crippen LogP) is 3.80. The van der Waals surface area contributed by atoms with E-state index in [-0.39, 0.29) is 6.54 Å². The van der Waals surface area contributed by atoms with Crippen LogP contribution in [0, 0.1) is 5.92 Å². The number of piperidine rings is 1. The van der Waals surface area contributed by atoms with Crippen molar-refractivity contribution < 1.29 is 13.2 Å². The number of thiazole rings is 1. The first kappa shape index (κ1) is 21.1. The van der Waals surface area contributed by atoms with Crippen LogP contribution in [0.4, 0.5) is 13.2 Å². The lowest BCUT2D eigenvalue weighted by molar-refractivity contribution is -0.140. The van der Waals surface area contributed by atoms with Crippen LogP contribution < -0.4 is 10.6 Å². The Morgan fingerprint density at radius 1 is 1.36 bits per heavy atom. The maximum Gasteiger partial charge on any atom is 0.434 e. The lowest BCUT2D eigenvalue weighted by Crippen LogP contribution is -2.44. The van der Waals surface area contributed by atoms with Gasteiger partial charge in [0.1, 0.15) is 5.01 Å². The molecule has 0 bridgehead atoms. The van der Waals surface area contributed by atoms with Crippen LogP contribution in [0.1, 0.15) is 28.4 Å². The van der Waals surface area contributed by atoms with Crippen molar-refractivity contribution in [1.82, 2.24) is 20.5 Å². The number of hydrogen-bond acceptors (Lipinski definition) is 5. The molecule has 154 valence electrons. The molecule has 1 saturated heterocycles. The number of alkyl halides is 3. The normalized spacial score (nSPS) is 19.0. The number of halogens is 3. The monoisotopic (exact) mass is 431 g/mol. The second-order valence-corrected chi connectivity index (χ2v) is 8.73. The summed E-state index contributed by atoms with van der Waals surface area (Å²) in [6.45, 7) is 4.14. The molecule has 1 atom stereocenters. The van der Waals surface area contributed by atoms with Gasteiger partial charge >= 0.3 is 6.18 Å². The molecule has 2 aromatic heterocycles. The summed E-state index contributed by atoms with van der Waals surface area (Å²) < 4.78 is 37.9. The average molecular weight is 432 g/mol. The third-order valence-corrected chi connectivity index (χ3v) is 6.30. The van der Waals surface area contributed by atoms with E-state index in [1.165, 1.54) is 11.3 Å². The number of nitrogens with one attached hydrogen (secondary N) is 2. The molecule has 5 nitrogen and oxygen atoms in total. The number of aromatic nitrogens is 1. The summed E-state index contributed by atoms with van der Waals surface area (Å²) in [4.78, 5) is 11.6. The van der Waals surface area contributed by atoms with Gasteiger partial charge in [-0.05, 0) is 36.8 Å². The van der Waals surface area contributed by atoms with Crippen molar-refractivity contribution in [3.8, 4) is 0 Å². The van der Waals surface area contributed by atoms with Gasteiger partial charge < -0.3 is 10.6 Å². The highest BCUT2D eigenvalue weighted by Gasteiger charge is 2.33. The second-order valence-electron chi connectivity index (χ2n) is 6.75. The average Bonchev–Trinajstić information content (AvgIpc) is 3.34. The number of thiophene rings is 1. The summed E-state index contributed by atoms with van der Waals surface area (Å²) in [7, 11) is 1.66. The van der Waals surface area contributed by atoms with E-state index in [1.807, 2.05) is 0 Å². The van der Waals surface area contributed by atoms with Gasteiger partial charge in [-0.1, -0.05) is 6.07 Å². The molecular weight excluding hydrogens is 407 g/mol. The zero-order valence-electron chi connectivity index (χ0n) is 15.6. The maximum absolute atomic E-state index is 12.6. The molecule has 3 rings (SSSR count). The molecule has 0 amide bonds. The molecule has 0 saturated carbocycles. The molecule has 0 aromatic carbocycles. The first-order chi connectivity index (χ1) is 13.4. The van der Waals surface area contributed by atoms with E-state index in [1.54, 1.807) is 18.4 Å². The molecule has 0 spiro atoms. The molecule has 1 aliphatic heterocycles. The molecule has 1 aliphatic rings. The van der Waals surface area contributed by atoms with Crippen molar-refractivity contribution in [2.45, 2.75) is 32.1 Å². The summed E-state index contributed by atoms with van der Waals surface area (Å²) in [6, 6.07) is 4.25. The molecule has 10 heteroatoms. The molecule has 2 aromatic rings. The molecular formula is C18H24F3N5S2. The minimum atomic E-state index is -4.40. The fourth-order valence-electron chi connectivity index (χ4n) is 3.23. The Bertz CT molecular complexity index is 758. The first-order valence-corrected chi connectivity index (χ1v) is 10.9. The summed E-state index contributed by atoms with van der Waals surface area (Å²) >= 11 is 2.78. The standard InChI is InChI=1S/C18H24F3N5S2/c1-22-17(24-9-16-25-15(12-28-16)18(19,20)21)23-8-13-4-2-6-26(10-13)11-14-5-3-7-27-14/h3,5,7,12-13H,2,4,6,8-11H2,1H3,(H2,22,23,24). The number of rotatable bonds is 6. The van der Waals surface area contributed by atoms with E-state index >= 15 is 0 Å². The van der Waals surface area contributed by atoms with Gasteiger partial charge in [0, 0.05) is 36.9 Å². The van der Waals surface area contributed by atoms with Crippen molar-refractivity contribution in [1.29, 1.82) is 0 Å². The minimum absolute atomic E-state index is 0.218. The Morgan fingerprint density at radius 2 is 2.21 bits per heavy atom. The summed E-state index contributed by atoms with van der Waals surface area (Å²) in [5.74, 6) is 1.10. The molecule has 1 fully saturated rings. The van der Waals surface area contributed by atoms with Gasteiger partial charge in [-0.15, -0.1) is 22.7 Å². The van der Waals surface area contributed by atoms with E-state index in [9.17, 15) is 13.2 Å². The van der Waals surface area contributed by atoms with Crippen molar-refractivity contribution in [3.63, 3.8) is 0 Å². The number of aliphatic imine (C=N–C) groups is 1. The highest BCUT2D eigenvalue weighted by molar-refractivity contribution is 7.10. The first-order valence-electron chi connectivity index (χ1n) is 9.15. The smallest absolute Gasteiger partial charge is 0.356 e. The van der Waals surface area contributed by atoms with E-state index in [0.29, 0.717) is 16.9 Å². The molecule has 2 N–H and O–H groups in total. The number of likely N-dealkylation sites (tertiary alicyclic amines) is 1. The van der Waals surface area contributed by atoms with Crippen LogP contribution in [0.2, 0.25) is 0 Å². The Balaban J connectivity index is 1.43. The summed E-state index contributed by atoms with van der Waals surface area (Å²) in [5.41, 5.74) is -0.842. The van der Waals surface area contributed by atoms with Crippen LogP contribution in [0.3, 0.4) is 0 Å². The fourth-order valence-corrected chi connectivity index (χ4v) is 4.71. The van der Waals surface area contributed by atoms with E-state index in [0.717, 1.165) is 49.3 Å². The van der Waals surface area contributed by atoms with Crippen molar-refractivity contribution in [2.24, 2.45) is 10.9 Å². The second kappa shape index (κ2) is 9.71. The van der Waals surface area contributed by atoms with E-state index < -0.39 is 11.9 Å². The van der Waals surface area contributed by atoms with Gasteiger partial charge in [-0.3, -0.25) is 9.89 Å². The quantitative estimate of drug-likeness (QED) is 0.540. The number of hydrogen-bond donors (Lipinski definition) is 2. The van der Waals surface area contributed by atoms with Crippen LogP contribution in [-0.2, 0) is 19.3 Å². The summed E-state index contributed by atoms with van der Waals surface area (Å²) in [5, 5.41) is 9.87. The van der Waals surface area contributed by atoms with Crippen LogP contribution in [0.5, 0.6) is 0 Å². The summed E-state index contributed by atoms with van der Waals surface area (Å²) in [6.07, 6.45) is -2.07. The molecule has 3 heterocycles. The Morgan fingerprint density at radius 3 is 2.89 bits per heavy atom. The zero-order chi connectivity index (χ0) is 20.0. The van der Waals surface area contributed by atoms with Crippen LogP contribution in [0.15, 0.2) is 27.9 Å². The van der Waals surface area contributed by atoms with Gasteiger partial charge in [0.15, 0.2) is 11.7 Å². The minimum Gasteiger partial charge on any atom is -0.356 e. The van der Waals surface area contributed by atoms with Crippen LogP contribution >= 0.6 is 22.7 Å². The zero-order valence-corrected chi connectivity index (χ0v) is 17.3. The van der Waals surface area contributed by atoms with E-state index in [4.69, 9.17) is 0 Å². The SMILES string of the molecule is CN=C(NCc1nc(C(F)(F)F)cs1)NCC1CCCN(Cc2cccs2)C1. The van der Waals surface area contributed by atoms with Crippen LogP contribution in [-0.4, -0.2) is 42.5 Å². The lowest BCUT2D eigenvalue weighted by atomic mass is 9.98. The van der Waals surface area contributed by atoms with Crippen molar-refractivity contribution >= 4 is 28.6 Å². The van der Waals surface area contributed by atoms with E-state index in [2.05, 4.69) is 43.0 Å². The highest BCUT2D eigenvalue weighted by atomic mass is 32.1. The number of nitrogens with zero attached hydrogens (tertiary/aromatic N) is 3. The third kappa shape index (κ3) is 6.18. The number of guanidine groups is 1. The van der Waals surface area contributed by atoms with Crippen molar-refractivity contribution in [3.05, 3.63) is 38.5 Å².